The van der Waals surface area contributed by atoms with Crippen molar-refractivity contribution in [2.75, 3.05) is 13.2 Å². The Labute approximate surface area is 144 Å². The molecule has 3 rings (SSSR count). The van der Waals surface area contributed by atoms with Crippen LogP contribution in [0.25, 0.3) is 11.5 Å². The number of carbonyl (C=O) groups excluding carboxylic acids is 1. The summed E-state index contributed by atoms with van der Waals surface area (Å²) in [7, 11) is 0. The highest BCUT2D eigenvalue weighted by molar-refractivity contribution is 5.88. The molecule has 0 amide bonds. The fourth-order valence-electron chi connectivity index (χ4n) is 2.18. The number of ether oxygens (including phenoxy) is 2. The summed E-state index contributed by atoms with van der Waals surface area (Å²) in [6.45, 7) is 1.86. The van der Waals surface area contributed by atoms with Crippen LogP contribution < -0.4 is 4.74 Å². The summed E-state index contributed by atoms with van der Waals surface area (Å²) in [6, 6.07) is 14.9. The van der Waals surface area contributed by atoms with Gasteiger partial charge in [-0.05, 0) is 43.3 Å². The molecule has 0 saturated heterocycles. The maximum absolute atomic E-state index is 12.8. The maximum Gasteiger partial charge on any atom is 0.360 e. The van der Waals surface area contributed by atoms with Crippen LogP contribution in [0.2, 0.25) is 0 Å². The summed E-state index contributed by atoms with van der Waals surface area (Å²) < 4.78 is 28.8. The third-order valence-electron chi connectivity index (χ3n) is 3.41. The summed E-state index contributed by atoms with van der Waals surface area (Å²) in [5.74, 6) is 0.345. The lowest BCUT2D eigenvalue weighted by Crippen LogP contribution is -2.13. The molecule has 5 nitrogen and oxygen atoms in total. The number of aryl methyl sites for hydroxylation is 1. The molecule has 0 aliphatic carbocycles. The van der Waals surface area contributed by atoms with Crippen LogP contribution in [0.1, 0.15) is 16.2 Å². The zero-order valence-corrected chi connectivity index (χ0v) is 13.6. The van der Waals surface area contributed by atoms with E-state index in [1.807, 2.05) is 30.3 Å². The predicted octanol–water partition coefficient (Wildman–Crippen LogP) is 4.02. The first-order valence-corrected chi connectivity index (χ1v) is 7.72. The van der Waals surface area contributed by atoms with Gasteiger partial charge in [0.1, 0.15) is 30.5 Å². The lowest BCUT2D eigenvalue weighted by atomic mass is 10.2. The molecule has 0 atom stereocenters. The minimum absolute atomic E-state index is 0.0448. The number of hydrogen-bond donors (Lipinski definition) is 0. The number of carbonyl (C=O) groups is 1. The molecule has 2 aromatic carbocycles. The van der Waals surface area contributed by atoms with E-state index >= 15 is 0 Å². The lowest BCUT2D eigenvalue weighted by Gasteiger charge is -2.06. The van der Waals surface area contributed by atoms with Crippen molar-refractivity contribution in [3.05, 3.63) is 71.9 Å². The predicted molar refractivity (Wildman–Crippen MR) is 88.9 cm³/mol. The Kier molecular flexibility index (Phi) is 5.09. The van der Waals surface area contributed by atoms with Gasteiger partial charge in [-0.15, -0.1) is 0 Å². The number of aromatic nitrogens is 1. The molecular formula is C19H16FNO4. The quantitative estimate of drug-likeness (QED) is 0.500. The van der Waals surface area contributed by atoms with Gasteiger partial charge in [0.15, 0.2) is 5.69 Å². The summed E-state index contributed by atoms with van der Waals surface area (Å²) >= 11 is 0. The fourth-order valence-corrected chi connectivity index (χ4v) is 2.18. The van der Waals surface area contributed by atoms with E-state index in [1.54, 1.807) is 6.92 Å². The molecule has 6 heteroatoms. The van der Waals surface area contributed by atoms with Crippen LogP contribution in [-0.2, 0) is 4.74 Å². The first-order valence-electron chi connectivity index (χ1n) is 7.72. The van der Waals surface area contributed by atoms with Crippen LogP contribution in [-0.4, -0.2) is 24.2 Å². The molecule has 1 aromatic heterocycles. The number of halogens is 1. The Morgan fingerprint density at radius 2 is 1.80 bits per heavy atom. The molecule has 128 valence electrons. The number of oxazole rings is 1. The monoisotopic (exact) mass is 341 g/mol. The summed E-state index contributed by atoms with van der Waals surface area (Å²) in [6.07, 6.45) is 0. The third kappa shape index (κ3) is 4.23. The van der Waals surface area contributed by atoms with Gasteiger partial charge in [0.25, 0.3) is 0 Å². The van der Waals surface area contributed by atoms with Crippen molar-refractivity contribution >= 4 is 5.97 Å². The summed E-state index contributed by atoms with van der Waals surface area (Å²) in [4.78, 5) is 16.3. The van der Waals surface area contributed by atoms with Crippen LogP contribution in [0, 0.1) is 12.7 Å². The number of rotatable bonds is 6. The van der Waals surface area contributed by atoms with Gasteiger partial charge in [-0.1, -0.05) is 18.2 Å². The topological polar surface area (TPSA) is 61.6 Å². The van der Waals surface area contributed by atoms with Crippen LogP contribution in [0.4, 0.5) is 4.39 Å². The molecule has 0 aliphatic rings. The van der Waals surface area contributed by atoms with Gasteiger partial charge in [0.2, 0.25) is 5.89 Å². The minimum Gasteiger partial charge on any atom is -0.490 e. The largest absolute Gasteiger partial charge is 0.490 e. The zero-order chi connectivity index (χ0) is 17.6. The van der Waals surface area contributed by atoms with E-state index < -0.39 is 5.97 Å². The van der Waals surface area contributed by atoms with Gasteiger partial charge in [0, 0.05) is 5.56 Å². The van der Waals surface area contributed by atoms with Crippen LogP contribution in [0.3, 0.4) is 0 Å². The van der Waals surface area contributed by atoms with Crippen molar-refractivity contribution < 1.29 is 23.1 Å². The van der Waals surface area contributed by atoms with Gasteiger partial charge in [-0.3, -0.25) is 0 Å². The van der Waals surface area contributed by atoms with Gasteiger partial charge in [-0.2, -0.15) is 0 Å². The van der Waals surface area contributed by atoms with Gasteiger partial charge >= 0.3 is 5.97 Å². The highest BCUT2D eigenvalue weighted by atomic mass is 19.1. The van der Waals surface area contributed by atoms with Crippen molar-refractivity contribution in [1.29, 1.82) is 0 Å². The van der Waals surface area contributed by atoms with E-state index in [0.717, 1.165) is 5.56 Å². The van der Waals surface area contributed by atoms with Crippen molar-refractivity contribution in [1.82, 2.24) is 4.98 Å². The first kappa shape index (κ1) is 16.7. The first-order chi connectivity index (χ1) is 12.1. The van der Waals surface area contributed by atoms with Gasteiger partial charge in [0.05, 0.1) is 0 Å². The van der Waals surface area contributed by atoms with E-state index in [1.165, 1.54) is 24.3 Å². The molecule has 0 N–H and O–H groups in total. The summed E-state index contributed by atoms with van der Waals surface area (Å²) in [5, 5.41) is 0. The van der Waals surface area contributed by atoms with E-state index in [9.17, 15) is 9.18 Å². The highest BCUT2D eigenvalue weighted by Gasteiger charge is 2.19. The van der Waals surface area contributed by atoms with Crippen molar-refractivity contribution in [3.63, 3.8) is 0 Å². The maximum atomic E-state index is 12.8. The highest BCUT2D eigenvalue weighted by Crippen LogP contribution is 2.21. The second kappa shape index (κ2) is 7.61. The van der Waals surface area contributed by atoms with Gasteiger partial charge < -0.3 is 13.9 Å². The molecule has 0 spiro atoms. The van der Waals surface area contributed by atoms with Crippen LogP contribution >= 0.6 is 0 Å². The molecule has 1 heterocycles. The zero-order valence-electron chi connectivity index (χ0n) is 13.6. The van der Waals surface area contributed by atoms with Crippen molar-refractivity contribution in [2.45, 2.75) is 6.92 Å². The normalized spacial score (nSPS) is 10.5. The summed E-state index contributed by atoms with van der Waals surface area (Å²) in [5.41, 5.74) is 0.921. The number of nitrogens with zero attached hydrogens (tertiary/aromatic N) is 1. The standard InChI is InChI=1S/C19H16FNO4/c1-13-17(21-18(25-13)14-5-3-2-4-6-14)19(22)24-12-11-23-16-9-7-15(20)8-10-16/h2-10H,11-12H2,1H3. The molecule has 25 heavy (non-hydrogen) atoms. The Hall–Kier alpha value is -3.15. The smallest absolute Gasteiger partial charge is 0.360 e. The minimum atomic E-state index is -0.578. The van der Waals surface area contributed by atoms with Gasteiger partial charge in [-0.25, -0.2) is 14.2 Å². The molecule has 0 unspecified atom stereocenters. The van der Waals surface area contributed by atoms with E-state index in [-0.39, 0.29) is 24.7 Å². The molecule has 0 bridgehead atoms. The van der Waals surface area contributed by atoms with Crippen molar-refractivity contribution in [2.24, 2.45) is 0 Å². The number of benzene rings is 2. The van der Waals surface area contributed by atoms with Crippen LogP contribution in [0.15, 0.2) is 59.0 Å². The SMILES string of the molecule is Cc1oc(-c2ccccc2)nc1C(=O)OCCOc1ccc(F)cc1. The van der Waals surface area contributed by atoms with E-state index in [0.29, 0.717) is 17.4 Å². The van der Waals surface area contributed by atoms with E-state index in [4.69, 9.17) is 13.9 Å². The average Bonchev–Trinajstić information content (AvgIpc) is 3.03. The molecule has 0 aliphatic heterocycles. The lowest BCUT2D eigenvalue weighted by molar-refractivity contribution is 0.0442. The Morgan fingerprint density at radius 3 is 2.52 bits per heavy atom. The molecule has 3 aromatic rings. The molecule has 0 radical (unpaired) electrons. The molecule has 0 fully saturated rings. The second-order valence-electron chi connectivity index (χ2n) is 5.23. The fraction of sp³-hybridized carbons (Fsp3) is 0.158. The Balaban J connectivity index is 1.55. The molecule has 0 saturated carbocycles. The van der Waals surface area contributed by atoms with Crippen molar-refractivity contribution in [3.8, 4) is 17.2 Å². The number of hydrogen-bond acceptors (Lipinski definition) is 5. The second-order valence-corrected chi connectivity index (χ2v) is 5.23. The number of esters is 1. The van der Waals surface area contributed by atoms with E-state index in [2.05, 4.69) is 4.98 Å². The van der Waals surface area contributed by atoms with Crippen LogP contribution in [0.5, 0.6) is 5.75 Å². The Bertz CT molecular complexity index is 844. The third-order valence-corrected chi connectivity index (χ3v) is 3.41. The Morgan fingerprint density at radius 1 is 1.08 bits per heavy atom. The molecular weight excluding hydrogens is 325 g/mol. The average molecular weight is 341 g/mol.